The zero-order valence-corrected chi connectivity index (χ0v) is 37.2. The Labute approximate surface area is 358 Å². The van der Waals surface area contributed by atoms with Gasteiger partial charge in [-0.3, -0.25) is 0 Å². The molecule has 11 rings (SSSR count). The molecule has 0 fully saturated rings. The summed E-state index contributed by atoms with van der Waals surface area (Å²) in [5.74, 6) is 0. The first-order valence-electron chi connectivity index (χ1n) is 22.0. The smallest absolute Gasteiger partial charge is 0.245 e. The Hall–Kier alpha value is -5.67. The molecule has 7 aromatic carbocycles. The Morgan fingerprint density at radius 2 is 0.783 bits per heavy atom. The molecule has 0 radical (unpaired) electrons. The molecule has 0 atom stereocenters. The minimum atomic E-state index is 0.0769. The van der Waals surface area contributed by atoms with Gasteiger partial charge >= 0.3 is 0 Å². The van der Waals surface area contributed by atoms with Gasteiger partial charge in [-0.2, -0.15) is 0 Å². The van der Waals surface area contributed by atoms with Gasteiger partial charge < -0.3 is 9.80 Å². The van der Waals surface area contributed by atoms with Gasteiger partial charge in [0.2, 0.25) is 20.1 Å². The molecule has 292 valence electrons. The summed E-state index contributed by atoms with van der Waals surface area (Å²) in [6, 6.07) is 48.2. The average Bonchev–Trinajstić information content (AvgIpc) is 3.19. The summed E-state index contributed by atoms with van der Waals surface area (Å²) < 4.78 is 0. The molecule has 0 aliphatic carbocycles. The molecule has 0 amide bonds. The molecular formula is C55H53B3N2. The van der Waals surface area contributed by atoms with Crippen LogP contribution in [0.25, 0.3) is 0 Å². The summed E-state index contributed by atoms with van der Waals surface area (Å²) in [5.41, 5.74) is 30.2. The van der Waals surface area contributed by atoms with Gasteiger partial charge in [0.1, 0.15) is 0 Å². The summed E-state index contributed by atoms with van der Waals surface area (Å²) >= 11 is 0. The van der Waals surface area contributed by atoms with Crippen LogP contribution in [0.3, 0.4) is 0 Å². The minimum absolute atomic E-state index is 0.0769. The zero-order valence-electron chi connectivity index (χ0n) is 37.2. The Balaban J connectivity index is 1.24. The van der Waals surface area contributed by atoms with E-state index in [4.69, 9.17) is 0 Å². The summed E-state index contributed by atoms with van der Waals surface area (Å²) in [4.78, 5) is 5.20. The predicted molar refractivity (Wildman–Crippen MR) is 264 cm³/mol. The monoisotopic (exact) mass is 774 g/mol. The fourth-order valence-corrected chi connectivity index (χ4v) is 11.4. The molecule has 0 saturated carbocycles. The van der Waals surface area contributed by atoms with E-state index in [1.54, 1.807) is 0 Å². The number of anilines is 6. The summed E-state index contributed by atoms with van der Waals surface area (Å²) in [5, 5.41) is 0. The topological polar surface area (TPSA) is 6.48 Å². The van der Waals surface area contributed by atoms with Gasteiger partial charge in [-0.05, 0) is 143 Å². The van der Waals surface area contributed by atoms with Gasteiger partial charge in [0, 0.05) is 34.1 Å². The molecule has 4 heterocycles. The second-order valence-corrected chi connectivity index (χ2v) is 20.6. The van der Waals surface area contributed by atoms with Gasteiger partial charge in [0.25, 0.3) is 0 Å². The number of benzene rings is 7. The summed E-state index contributed by atoms with van der Waals surface area (Å²) in [6.07, 6.45) is 0. The second-order valence-electron chi connectivity index (χ2n) is 20.6. The minimum Gasteiger partial charge on any atom is -0.312 e. The average molecular weight is 774 g/mol. The van der Waals surface area contributed by atoms with E-state index < -0.39 is 0 Å². The Morgan fingerprint density at radius 1 is 0.350 bits per heavy atom. The van der Waals surface area contributed by atoms with E-state index >= 15 is 0 Å². The van der Waals surface area contributed by atoms with E-state index in [1.807, 2.05) is 0 Å². The maximum absolute atomic E-state index is 2.62. The first-order chi connectivity index (χ1) is 28.6. The standard InChI is InChI=1S/C55H53B3N2/c1-32-12-23-41-44(26-32)58-45-27-35(4)30-49-50(45)57(42-24-13-33(2)28-47(42)59(49)39-19-15-37(16-20-39)54(6,7)8)46-31-36(5)53-52(51(46)58)56(41)43-25-14-34(3)29-48(43)60(53)40-21-17-38(18-22-40)55(9,10)11/h12-31H,1-11H3. The maximum Gasteiger partial charge on any atom is 0.245 e. The quantitative estimate of drug-likeness (QED) is 0.168. The largest absolute Gasteiger partial charge is 0.312 e. The van der Waals surface area contributed by atoms with Crippen molar-refractivity contribution in [2.45, 2.75) is 87.0 Å². The molecule has 4 aliphatic heterocycles. The highest BCUT2D eigenvalue weighted by Gasteiger charge is 2.52. The zero-order chi connectivity index (χ0) is 41.7. The van der Waals surface area contributed by atoms with Crippen molar-refractivity contribution >= 4 is 103 Å². The van der Waals surface area contributed by atoms with Crippen LogP contribution in [0.5, 0.6) is 0 Å². The van der Waals surface area contributed by atoms with E-state index in [0.717, 1.165) is 0 Å². The Kier molecular flexibility index (Phi) is 7.89. The van der Waals surface area contributed by atoms with E-state index in [0.29, 0.717) is 0 Å². The summed E-state index contributed by atoms with van der Waals surface area (Å²) in [6.45, 7) is 25.6. The fourth-order valence-electron chi connectivity index (χ4n) is 11.4. The highest BCUT2D eigenvalue weighted by atomic mass is 15.2. The van der Waals surface area contributed by atoms with E-state index in [2.05, 4.69) is 207 Å². The number of aryl methyl sites for hydroxylation is 5. The first-order valence-corrected chi connectivity index (χ1v) is 22.0. The number of fused-ring (bicyclic) bond motifs is 9. The molecule has 0 N–H and O–H groups in total. The van der Waals surface area contributed by atoms with Crippen LogP contribution in [-0.2, 0) is 10.8 Å². The highest BCUT2D eigenvalue weighted by Crippen LogP contribution is 2.42. The van der Waals surface area contributed by atoms with Crippen LogP contribution in [-0.4, -0.2) is 20.1 Å². The third-order valence-electron chi connectivity index (χ3n) is 14.2. The van der Waals surface area contributed by atoms with Crippen LogP contribution in [0.15, 0.2) is 121 Å². The predicted octanol–water partition coefficient (Wildman–Crippen LogP) is 7.57. The maximum atomic E-state index is 2.62. The van der Waals surface area contributed by atoms with E-state index in [-0.39, 0.29) is 31.0 Å². The van der Waals surface area contributed by atoms with Crippen molar-refractivity contribution in [1.82, 2.24) is 0 Å². The van der Waals surface area contributed by atoms with Crippen LogP contribution < -0.4 is 59.0 Å². The van der Waals surface area contributed by atoms with Crippen LogP contribution in [0, 0.1) is 34.6 Å². The third kappa shape index (κ3) is 5.30. The molecule has 0 aromatic heterocycles. The van der Waals surface area contributed by atoms with Gasteiger partial charge in [-0.1, -0.05) is 153 Å². The number of nitrogens with zero attached hydrogens (tertiary/aromatic N) is 2. The van der Waals surface area contributed by atoms with Crippen molar-refractivity contribution in [3.63, 3.8) is 0 Å². The van der Waals surface area contributed by atoms with E-state index in [9.17, 15) is 0 Å². The number of hydrogen-bond acceptors (Lipinski definition) is 2. The van der Waals surface area contributed by atoms with Crippen LogP contribution in [0.2, 0.25) is 0 Å². The van der Waals surface area contributed by atoms with Gasteiger partial charge in [-0.25, -0.2) is 0 Å². The van der Waals surface area contributed by atoms with Crippen LogP contribution in [0.1, 0.15) is 80.5 Å². The van der Waals surface area contributed by atoms with Crippen LogP contribution in [0.4, 0.5) is 34.1 Å². The SMILES string of the molecule is Cc1ccc2c(c1)B1c3cc(C)cc4c3B(c3ccc(C)cc3N4c3ccc(C(C)(C)C)cc3)c3cc(C)c4c(c31)B2c1ccc(C)cc1N4c1ccc(C(C)(C)C)cc1. The molecule has 2 nitrogen and oxygen atoms in total. The fraction of sp³-hybridized carbons (Fsp3) is 0.236. The van der Waals surface area contributed by atoms with Crippen molar-refractivity contribution in [3.05, 3.63) is 160 Å². The lowest BCUT2D eigenvalue weighted by Gasteiger charge is -2.48. The van der Waals surface area contributed by atoms with Crippen molar-refractivity contribution in [2.75, 3.05) is 9.80 Å². The van der Waals surface area contributed by atoms with Gasteiger partial charge in [0.15, 0.2) is 0 Å². The molecule has 0 saturated heterocycles. The van der Waals surface area contributed by atoms with Crippen molar-refractivity contribution in [1.29, 1.82) is 0 Å². The molecule has 60 heavy (non-hydrogen) atoms. The first kappa shape index (κ1) is 37.3. The lowest BCUT2D eigenvalue weighted by Crippen LogP contribution is -2.86. The van der Waals surface area contributed by atoms with Crippen molar-refractivity contribution < 1.29 is 0 Å². The Bertz CT molecular complexity index is 2970. The Morgan fingerprint density at radius 3 is 1.35 bits per heavy atom. The number of rotatable bonds is 2. The molecule has 0 bridgehead atoms. The summed E-state index contributed by atoms with van der Waals surface area (Å²) in [7, 11) is 0. The molecule has 5 heteroatoms. The van der Waals surface area contributed by atoms with Gasteiger partial charge in [-0.15, -0.1) is 0 Å². The van der Waals surface area contributed by atoms with E-state index in [1.165, 1.54) is 122 Å². The lowest BCUT2D eigenvalue weighted by atomic mass is 9.13. The molecule has 7 aromatic rings. The van der Waals surface area contributed by atoms with Crippen molar-refractivity contribution in [2.24, 2.45) is 0 Å². The molecule has 0 spiro atoms. The third-order valence-corrected chi connectivity index (χ3v) is 14.2. The molecule has 4 aliphatic rings. The lowest BCUT2D eigenvalue weighted by molar-refractivity contribution is 0.590. The normalized spacial score (nSPS) is 14.4. The molecular weight excluding hydrogens is 721 g/mol. The van der Waals surface area contributed by atoms with Crippen LogP contribution >= 0.6 is 0 Å². The van der Waals surface area contributed by atoms with Gasteiger partial charge in [0.05, 0.1) is 0 Å². The molecule has 0 unspecified atom stereocenters. The van der Waals surface area contributed by atoms with Crippen molar-refractivity contribution in [3.8, 4) is 0 Å². The highest BCUT2D eigenvalue weighted by molar-refractivity contribution is 7.19. The second kappa shape index (κ2) is 12.7. The number of hydrogen-bond donors (Lipinski definition) is 0.